The van der Waals surface area contributed by atoms with Crippen molar-refractivity contribution >= 4 is 5.91 Å². The van der Waals surface area contributed by atoms with Gasteiger partial charge in [-0.25, -0.2) is 4.98 Å². The molecule has 0 radical (unpaired) electrons. The molecule has 1 aliphatic heterocycles. The number of nitrogens with zero attached hydrogens (tertiary/aromatic N) is 4. The van der Waals surface area contributed by atoms with Gasteiger partial charge in [-0.05, 0) is 33.6 Å². The highest BCUT2D eigenvalue weighted by molar-refractivity contribution is 5.96. The lowest BCUT2D eigenvalue weighted by atomic mass is 10.0. The van der Waals surface area contributed by atoms with Crippen LogP contribution in [-0.2, 0) is 0 Å². The van der Waals surface area contributed by atoms with Crippen molar-refractivity contribution in [2.24, 2.45) is 0 Å². The van der Waals surface area contributed by atoms with Crippen LogP contribution in [0, 0.1) is 20.8 Å². The first kappa shape index (κ1) is 13.9. The molecule has 6 nitrogen and oxygen atoms in total. The number of carbonyl (C=O) groups excluding carboxylic acids is 1. The number of imidazole rings is 1. The number of likely N-dealkylation sites (tertiary alicyclic amines) is 1. The molecule has 0 aromatic carbocycles. The standard InChI is InChI=1S/C15H20N4O2/c1-10-14(11(2)21-17-10)15(20)18-7-4-5-13(9-18)19-8-6-16-12(19)3/h6,8,13H,4-5,7,9H2,1-3H3/t13-/m0/s1. The normalized spacial score (nSPS) is 19.0. The third kappa shape index (κ3) is 2.46. The number of hydrogen-bond donors (Lipinski definition) is 0. The van der Waals surface area contributed by atoms with Gasteiger partial charge < -0.3 is 14.0 Å². The number of amides is 1. The Morgan fingerprint density at radius 3 is 2.81 bits per heavy atom. The van der Waals surface area contributed by atoms with E-state index in [0.29, 0.717) is 29.6 Å². The van der Waals surface area contributed by atoms with Crippen molar-refractivity contribution < 1.29 is 9.32 Å². The van der Waals surface area contributed by atoms with Gasteiger partial charge in [0.2, 0.25) is 0 Å². The summed E-state index contributed by atoms with van der Waals surface area (Å²) in [5.41, 5.74) is 1.27. The molecule has 2 aromatic heterocycles. The van der Waals surface area contributed by atoms with Gasteiger partial charge in [-0.3, -0.25) is 4.79 Å². The van der Waals surface area contributed by atoms with Crippen molar-refractivity contribution in [3.05, 3.63) is 35.2 Å². The first-order valence-corrected chi connectivity index (χ1v) is 7.29. The van der Waals surface area contributed by atoms with E-state index in [1.54, 1.807) is 6.92 Å². The summed E-state index contributed by atoms with van der Waals surface area (Å²) < 4.78 is 7.27. The van der Waals surface area contributed by atoms with Crippen LogP contribution in [0.5, 0.6) is 0 Å². The van der Waals surface area contributed by atoms with Crippen LogP contribution in [0.15, 0.2) is 16.9 Å². The fourth-order valence-electron chi connectivity index (χ4n) is 3.09. The van der Waals surface area contributed by atoms with Crippen molar-refractivity contribution in [3.63, 3.8) is 0 Å². The van der Waals surface area contributed by atoms with E-state index in [4.69, 9.17) is 4.52 Å². The molecule has 0 N–H and O–H groups in total. The Labute approximate surface area is 123 Å². The van der Waals surface area contributed by atoms with Crippen molar-refractivity contribution in [3.8, 4) is 0 Å². The second-order valence-corrected chi connectivity index (χ2v) is 5.63. The second-order valence-electron chi connectivity index (χ2n) is 5.63. The fourth-order valence-corrected chi connectivity index (χ4v) is 3.09. The highest BCUT2D eigenvalue weighted by Crippen LogP contribution is 2.25. The molecule has 1 saturated heterocycles. The molecule has 0 spiro atoms. The molecule has 1 amide bonds. The lowest BCUT2D eigenvalue weighted by Crippen LogP contribution is -2.41. The first-order valence-electron chi connectivity index (χ1n) is 7.29. The highest BCUT2D eigenvalue weighted by atomic mass is 16.5. The van der Waals surface area contributed by atoms with E-state index < -0.39 is 0 Å². The van der Waals surface area contributed by atoms with Crippen molar-refractivity contribution in [1.82, 2.24) is 19.6 Å². The molecule has 2 aromatic rings. The van der Waals surface area contributed by atoms with E-state index in [1.807, 2.05) is 31.1 Å². The summed E-state index contributed by atoms with van der Waals surface area (Å²) in [4.78, 5) is 18.9. The maximum absolute atomic E-state index is 12.7. The van der Waals surface area contributed by atoms with Gasteiger partial charge in [0.1, 0.15) is 17.1 Å². The molecule has 0 saturated carbocycles. The summed E-state index contributed by atoms with van der Waals surface area (Å²) in [5.74, 6) is 1.61. The van der Waals surface area contributed by atoms with Crippen molar-refractivity contribution in [1.29, 1.82) is 0 Å². The van der Waals surface area contributed by atoms with Gasteiger partial charge in [-0.2, -0.15) is 0 Å². The first-order chi connectivity index (χ1) is 10.1. The van der Waals surface area contributed by atoms with Gasteiger partial charge in [-0.1, -0.05) is 5.16 Å². The average molecular weight is 288 g/mol. The number of piperidine rings is 1. The van der Waals surface area contributed by atoms with Crippen LogP contribution in [0.4, 0.5) is 0 Å². The molecular weight excluding hydrogens is 268 g/mol. The highest BCUT2D eigenvalue weighted by Gasteiger charge is 2.29. The summed E-state index contributed by atoms with van der Waals surface area (Å²) in [5, 5.41) is 3.88. The molecule has 3 rings (SSSR count). The Balaban J connectivity index is 1.80. The molecule has 21 heavy (non-hydrogen) atoms. The molecule has 1 atom stereocenters. The van der Waals surface area contributed by atoms with Gasteiger partial charge >= 0.3 is 0 Å². The molecule has 0 bridgehead atoms. The van der Waals surface area contributed by atoms with Crippen LogP contribution < -0.4 is 0 Å². The fraction of sp³-hybridized carbons (Fsp3) is 0.533. The molecular formula is C15H20N4O2. The zero-order chi connectivity index (χ0) is 15.0. The molecule has 0 unspecified atom stereocenters. The molecule has 0 aliphatic carbocycles. The maximum Gasteiger partial charge on any atom is 0.259 e. The topological polar surface area (TPSA) is 64.2 Å². The molecule has 1 fully saturated rings. The van der Waals surface area contributed by atoms with Gasteiger partial charge in [0.05, 0.1) is 11.7 Å². The van der Waals surface area contributed by atoms with E-state index >= 15 is 0 Å². The third-order valence-electron chi connectivity index (χ3n) is 4.19. The Hall–Kier alpha value is -2.11. The molecule has 3 heterocycles. The number of aromatic nitrogens is 3. The third-order valence-corrected chi connectivity index (χ3v) is 4.19. The zero-order valence-electron chi connectivity index (χ0n) is 12.7. The van der Waals surface area contributed by atoms with E-state index in [9.17, 15) is 4.79 Å². The Morgan fingerprint density at radius 1 is 1.38 bits per heavy atom. The van der Waals surface area contributed by atoms with Crippen LogP contribution in [0.3, 0.4) is 0 Å². The number of carbonyl (C=O) groups is 1. The largest absolute Gasteiger partial charge is 0.361 e. The summed E-state index contributed by atoms with van der Waals surface area (Å²) >= 11 is 0. The number of aryl methyl sites for hydroxylation is 3. The summed E-state index contributed by atoms with van der Waals surface area (Å²) in [6, 6.07) is 0.297. The van der Waals surface area contributed by atoms with E-state index in [0.717, 1.165) is 25.2 Å². The average Bonchev–Trinajstić information content (AvgIpc) is 3.05. The minimum atomic E-state index is 0.0220. The van der Waals surface area contributed by atoms with E-state index in [2.05, 4.69) is 14.7 Å². The van der Waals surface area contributed by atoms with Crippen molar-refractivity contribution in [2.45, 2.75) is 39.7 Å². The maximum atomic E-state index is 12.7. The molecule has 112 valence electrons. The van der Waals surface area contributed by atoms with Crippen LogP contribution in [0.1, 0.15) is 46.5 Å². The smallest absolute Gasteiger partial charge is 0.259 e. The molecule has 1 aliphatic rings. The summed E-state index contributed by atoms with van der Waals surface area (Å²) in [6.45, 7) is 7.09. The number of rotatable bonds is 2. The lowest BCUT2D eigenvalue weighted by molar-refractivity contribution is 0.0676. The van der Waals surface area contributed by atoms with Crippen LogP contribution in [0.2, 0.25) is 0 Å². The second kappa shape index (κ2) is 5.35. The van der Waals surface area contributed by atoms with Crippen LogP contribution in [0.25, 0.3) is 0 Å². The predicted molar refractivity (Wildman–Crippen MR) is 77.1 cm³/mol. The SMILES string of the molecule is Cc1noc(C)c1C(=O)N1CCC[C@H](n2ccnc2C)C1. The predicted octanol–water partition coefficient (Wildman–Crippen LogP) is 2.27. The van der Waals surface area contributed by atoms with Crippen molar-refractivity contribution in [2.75, 3.05) is 13.1 Å². The summed E-state index contributed by atoms with van der Waals surface area (Å²) in [6.07, 6.45) is 5.87. The van der Waals surface area contributed by atoms with Crippen LogP contribution >= 0.6 is 0 Å². The minimum Gasteiger partial charge on any atom is -0.361 e. The van der Waals surface area contributed by atoms with Gasteiger partial charge in [-0.15, -0.1) is 0 Å². The quantitative estimate of drug-likeness (QED) is 0.850. The van der Waals surface area contributed by atoms with E-state index in [1.165, 1.54) is 0 Å². The number of hydrogen-bond acceptors (Lipinski definition) is 4. The monoisotopic (exact) mass is 288 g/mol. The Morgan fingerprint density at radius 2 is 2.19 bits per heavy atom. The zero-order valence-corrected chi connectivity index (χ0v) is 12.7. The minimum absolute atomic E-state index is 0.0220. The van der Waals surface area contributed by atoms with E-state index in [-0.39, 0.29) is 5.91 Å². The summed E-state index contributed by atoms with van der Waals surface area (Å²) in [7, 11) is 0. The van der Waals surface area contributed by atoms with Crippen LogP contribution in [-0.4, -0.2) is 38.6 Å². The Bertz CT molecular complexity index is 639. The van der Waals surface area contributed by atoms with Gasteiger partial charge in [0.25, 0.3) is 5.91 Å². The van der Waals surface area contributed by atoms with Gasteiger partial charge in [0, 0.05) is 25.5 Å². The molecule has 6 heteroatoms. The lowest BCUT2D eigenvalue weighted by Gasteiger charge is -2.33. The van der Waals surface area contributed by atoms with Gasteiger partial charge in [0.15, 0.2) is 0 Å². The Kier molecular flexibility index (Phi) is 3.53.